The molecule has 0 radical (unpaired) electrons. The Morgan fingerprint density at radius 1 is 1.00 bits per heavy atom. The van der Waals surface area contributed by atoms with Crippen molar-refractivity contribution in [2.24, 2.45) is 0 Å². The van der Waals surface area contributed by atoms with Crippen molar-refractivity contribution >= 4 is 0 Å². The molecule has 2 heterocycles. The van der Waals surface area contributed by atoms with E-state index in [9.17, 15) is 4.39 Å². The van der Waals surface area contributed by atoms with Crippen LogP contribution in [0.15, 0.2) is 42.6 Å². The van der Waals surface area contributed by atoms with Crippen molar-refractivity contribution in [1.82, 2.24) is 9.97 Å². The highest BCUT2D eigenvalue weighted by molar-refractivity contribution is 5.79. The van der Waals surface area contributed by atoms with Gasteiger partial charge in [-0.15, -0.1) is 0 Å². The molecule has 2 aromatic heterocycles. The fourth-order valence-corrected chi connectivity index (χ4v) is 4.06. The number of aryl methyl sites for hydroxylation is 1. The van der Waals surface area contributed by atoms with Gasteiger partial charge in [0, 0.05) is 11.9 Å². The average Bonchev–Trinajstić information content (AvgIpc) is 2.81. The number of hydrogen-bond donors (Lipinski definition) is 0. The molecule has 3 aromatic rings. The number of pyridine rings is 2. The predicted octanol–water partition coefficient (Wildman–Crippen LogP) is 5.87. The second kappa shape index (κ2) is 6.64. The van der Waals surface area contributed by atoms with Crippen LogP contribution in [0.5, 0.6) is 0 Å². The van der Waals surface area contributed by atoms with E-state index < -0.39 is 0 Å². The molecule has 1 aliphatic carbocycles. The molecule has 0 saturated heterocycles. The quantitative estimate of drug-likeness (QED) is 0.580. The lowest BCUT2D eigenvalue weighted by atomic mass is 9.88. The molecule has 1 aliphatic rings. The first-order valence-corrected chi connectivity index (χ1v) is 9.30. The summed E-state index contributed by atoms with van der Waals surface area (Å²) in [6.45, 7) is 6.49. The predicted molar refractivity (Wildman–Crippen MR) is 104 cm³/mol. The lowest BCUT2D eigenvalue weighted by molar-refractivity contribution is 0.628. The van der Waals surface area contributed by atoms with Gasteiger partial charge < -0.3 is 0 Å². The lowest BCUT2D eigenvalue weighted by Crippen LogP contribution is -2.07. The number of hydrogen-bond acceptors (Lipinski definition) is 2. The van der Waals surface area contributed by atoms with Gasteiger partial charge in [0.05, 0.1) is 11.4 Å². The highest BCUT2D eigenvalue weighted by Gasteiger charge is 2.24. The monoisotopic (exact) mass is 346 g/mol. The van der Waals surface area contributed by atoms with Crippen LogP contribution >= 0.6 is 0 Å². The van der Waals surface area contributed by atoms with Crippen molar-refractivity contribution in [3.8, 4) is 22.5 Å². The molecule has 1 aromatic carbocycles. The van der Waals surface area contributed by atoms with Crippen LogP contribution in [0.25, 0.3) is 22.5 Å². The van der Waals surface area contributed by atoms with Crippen LogP contribution in [0.3, 0.4) is 0 Å². The molecule has 26 heavy (non-hydrogen) atoms. The van der Waals surface area contributed by atoms with Crippen molar-refractivity contribution < 1.29 is 4.39 Å². The van der Waals surface area contributed by atoms with Crippen molar-refractivity contribution in [3.63, 3.8) is 0 Å². The van der Waals surface area contributed by atoms with Crippen molar-refractivity contribution in [2.45, 2.75) is 46.0 Å². The van der Waals surface area contributed by atoms with Crippen LogP contribution in [-0.2, 0) is 12.8 Å². The van der Waals surface area contributed by atoms with Gasteiger partial charge in [-0.25, -0.2) is 4.39 Å². The number of fused-ring (bicyclic) bond motifs is 3. The highest BCUT2D eigenvalue weighted by atomic mass is 19.1. The van der Waals surface area contributed by atoms with Crippen molar-refractivity contribution in [1.29, 1.82) is 0 Å². The zero-order valence-electron chi connectivity index (χ0n) is 15.5. The van der Waals surface area contributed by atoms with Gasteiger partial charge in [-0.3, -0.25) is 9.97 Å². The summed E-state index contributed by atoms with van der Waals surface area (Å²) in [5, 5.41) is 0. The van der Waals surface area contributed by atoms with E-state index in [4.69, 9.17) is 4.98 Å². The fourth-order valence-electron chi connectivity index (χ4n) is 4.06. The summed E-state index contributed by atoms with van der Waals surface area (Å²) >= 11 is 0. The third-order valence-corrected chi connectivity index (χ3v) is 5.25. The van der Waals surface area contributed by atoms with Crippen LogP contribution in [0.1, 0.15) is 48.6 Å². The topological polar surface area (TPSA) is 25.8 Å². The standard InChI is InChI=1S/C23H23FN2/c1-14(2)21-15(3)20(16-9-11-18(24)12-10-16)19-8-4-6-17-7-5-13-25-22(17)23(19)26-21/h5,7,9-14H,4,6,8H2,1-3H3. The fraction of sp³-hybridized carbons (Fsp3) is 0.304. The molecule has 0 amide bonds. The van der Waals surface area contributed by atoms with Gasteiger partial charge in [0.2, 0.25) is 0 Å². The highest BCUT2D eigenvalue weighted by Crippen LogP contribution is 2.40. The van der Waals surface area contributed by atoms with Crippen LogP contribution in [0.4, 0.5) is 4.39 Å². The SMILES string of the molecule is Cc1c(C(C)C)nc2c(c1-c1ccc(F)cc1)CCCc1cccnc1-2. The molecular weight excluding hydrogens is 323 g/mol. The van der Waals surface area contributed by atoms with E-state index in [2.05, 4.69) is 31.8 Å². The Labute approximate surface area is 154 Å². The van der Waals surface area contributed by atoms with E-state index >= 15 is 0 Å². The molecule has 0 saturated carbocycles. The zero-order chi connectivity index (χ0) is 18.3. The second-order valence-corrected chi connectivity index (χ2v) is 7.35. The smallest absolute Gasteiger partial charge is 0.123 e. The third kappa shape index (κ3) is 2.82. The number of halogens is 1. The maximum absolute atomic E-state index is 13.5. The van der Waals surface area contributed by atoms with Crippen LogP contribution in [0, 0.1) is 12.7 Å². The summed E-state index contributed by atoms with van der Waals surface area (Å²) in [7, 11) is 0. The summed E-state index contributed by atoms with van der Waals surface area (Å²) in [4.78, 5) is 9.76. The minimum atomic E-state index is -0.206. The van der Waals surface area contributed by atoms with Crippen LogP contribution < -0.4 is 0 Å². The largest absolute Gasteiger partial charge is 0.254 e. The van der Waals surface area contributed by atoms with Gasteiger partial charge in [0.25, 0.3) is 0 Å². The molecule has 0 fully saturated rings. The maximum atomic E-state index is 13.5. The summed E-state index contributed by atoms with van der Waals surface area (Å²) in [5.41, 5.74) is 9.09. The van der Waals surface area contributed by atoms with Gasteiger partial charge >= 0.3 is 0 Å². The first-order valence-electron chi connectivity index (χ1n) is 9.30. The number of nitrogens with zero attached hydrogens (tertiary/aromatic N) is 2. The number of aromatic nitrogens is 2. The molecular formula is C23H23FN2. The van der Waals surface area contributed by atoms with Crippen LogP contribution in [-0.4, -0.2) is 9.97 Å². The Hall–Kier alpha value is -2.55. The molecule has 0 spiro atoms. The Kier molecular flexibility index (Phi) is 4.31. The Morgan fingerprint density at radius 2 is 1.77 bits per heavy atom. The number of benzene rings is 1. The zero-order valence-corrected chi connectivity index (χ0v) is 15.5. The van der Waals surface area contributed by atoms with Crippen LogP contribution in [0.2, 0.25) is 0 Å². The maximum Gasteiger partial charge on any atom is 0.123 e. The van der Waals surface area contributed by atoms with E-state index in [0.717, 1.165) is 41.9 Å². The first-order chi connectivity index (χ1) is 12.6. The summed E-state index contributed by atoms with van der Waals surface area (Å²) in [6, 6.07) is 11.0. The summed E-state index contributed by atoms with van der Waals surface area (Å²) < 4.78 is 13.5. The number of rotatable bonds is 2. The van der Waals surface area contributed by atoms with E-state index in [-0.39, 0.29) is 5.82 Å². The molecule has 2 nitrogen and oxygen atoms in total. The van der Waals surface area contributed by atoms with Gasteiger partial charge in [-0.2, -0.15) is 0 Å². The second-order valence-electron chi connectivity index (χ2n) is 7.35. The minimum absolute atomic E-state index is 0.206. The minimum Gasteiger partial charge on any atom is -0.254 e. The van der Waals surface area contributed by atoms with Crippen molar-refractivity contribution in [2.75, 3.05) is 0 Å². The average molecular weight is 346 g/mol. The molecule has 0 atom stereocenters. The Morgan fingerprint density at radius 3 is 2.50 bits per heavy atom. The molecule has 3 heteroatoms. The third-order valence-electron chi connectivity index (χ3n) is 5.25. The van der Waals surface area contributed by atoms with E-state index in [0.29, 0.717) is 5.92 Å². The molecule has 4 rings (SSSR count). The van der Waals surface area contributed by atoms with Crippen molar-refractivity contribution in [3.05, 3.63) is 70.8 Å². The molecule has 0 bridgehead atoms. The normalized spacial score (nSPS) is 13.3. The Balaban J connectivity index is 2.06. The van der Waals surface area contributed by atoms with Gasteiger partial charge in [0.1, 0.15) is 5.82 Å². The summed E-state index contributed by atoms with van der Waals surface area (Å²) in [5.74, 6) is 0.109. The molecule has 0 aliphatic heterocycles. The molecule has 0 unspecified atom stereocenters. The van der Waals surface area contributed by atoms with Gasteiger partial charge in [-0.05, 0) is 78.1 Å². The first kappa shape index (κ1) is 16.9. The molecule has 132 valence electrons. The van der Waals surface area contributed by atoms with E-state index in [1.807, 2.05) is 24.4 Å². The van der Waals surface area contributed by atoms with Gasteiger partial charge in [-0.1, -0.05) is 32.0 Å². The lowest BCUT2D eigenvalue weighted by Gasteiger charge is -2.21. The Bertz CT molecular complexity index is 959. The molecule has 0 N–H and O–H groups in total. The van der Waals surface area contributed by atoms with E-state index in [1.165, 1.54) is 22.3 Å². The summed E-state index contributed by atoms with van der Waals surface area (Å²) in [6.07, 6.45) is 4.90. The van der Waals surface area contributed by atoms with E-state index in [1.54, 1.807) is 12.1 Å². The van der Waals surface area contributed by atoms with Gasteiger partial charge in [0.15, 0.2) is 0 Å².